The van der Waals surface area contributed by atoms with Gasteiger partial charge in [-0.1, -0.05) is 31.1 Å². The highest BCUT2D eigenvalue weighted by atomic mass is 16.6. The van der Waals surface area contributed by atoms with Gasteiger partial charge in [-0.3, -0.25) is 4.79 Å². The van der Waals surface area contributed by atoms with E-state index in [9.17, 15) is 9.59 Å². The zero-order valence-corrected chi connectivity index (χ0v) is 13.3. The second-order valence-corrected chi connectivity index (χ2v) is 5.22. The smallest absolute Gasteiger partial charge is 0.328 e. The van der Waals surface area contributed by atoms with Crippen LogP contribution < -0.4 is 5.32 Å². The summed E-state index contributed by atoms with van der Waals surface area (Å²) in [6.07, 6.45) is 2.06. The van der Waals surface area contributed by atoms with Crippen LogP contribution in [-0.2, 0) is 14.4 Å². The first-order chi connectivity index (χ1) is 10.5. The van der Waals surface area contributed by atoms with Crippen LogP contribution in [0.3, 0.4) is 0 Å². The largest absolute Gasteiger partial charge is 0.467 e. The Morgan fingerprint density at radius 1 is 1.23 bits per heavy atom. The third-order valence-corrected chi connectivity index (χ3v) is 2.98. The number of hydrogen-bond donors (Lipinski definition) is 1. The van der Waals surface area contributed by atoms with Crippen molar-refractivity contribution in [2.45, 2.75) is 26.3 Å². The van der Waals surface area contributed by atoms with Gasteiger partial charge in [0.05, 0.1) is 13.3 Å². The Hall–Kier alpha value is -2.37. The van der Waals surface area contributed by atoms with Crippen LogP contribution in [0.15, 0.2) is 29.4 Å². The summed E-state index contributed by atoms with van der Waals surface area (Å²) in [6.45, 7) is 3.96. The Labute approximate surface area is 130 Å². The molecule has 1 atom stereocenters. The second kappa shape index (κ2) is 8.81. The summed E-state index contributed by atoms with van der Waals surface area (Å²) in [7, 11) is 2.77. The summed E-state index contributed by atoms with van der Waals surface area (Å²) >= 11 is 0. The van der Waals surface area contributed by atoms with Gasteiger partial charge in [0.25, 0.3) is 5.91 Å². The average molecular weight is 306 g/mol. The Kier molecular flexibility index (Phi) is 7.08. The summed E-state index contributed by atoms with van der Waals surface area (Å²) in [5, 5.41) is 6.35. The number of benzene rings is 1. The molecule has 1 aromatic rings. The van der Waals surface area contributed by atoms with Crippen LogP contribution >= 0.6 is 0 Å². The summed E-state index contributed by atoms with van der Waals surface area (Å²) in [5.74, 6) is -0.491. The van der Waals surface area contributed by atoms with Crippen LogP contribution in [0.5, 0.6) is 0 Å². The van der Waals surface area contributed by atoms with Crippen molar-refractivity contribution in [3.8, 4) is 0 Å². The molecule has 22 heavy (non-hydrogen) atoms. The van der Waals surface area contributed by atoms with Crippen molar-refractivity contribution in [1.82, 2.24) is 5.32 Å². The highest BCUT2D eigenvalue weighted by Gasteiger charge is 2.23. The predicted molar refractivity (Wildman–Crippen MR) is 83.8 cm³/mol. The van der Waals surface area contributed by atoms with E-state index >= 15 is 0 Å². The summed E-state index contributed by atoms with van der Waals surface area (Å²) in [6, 6.07) is 6.17. The van der Waals surface area contributed by atoms with Gasteiger partial charge in [-0.05, 0) is 30.0 Å². The van der Waals surface area contributed by atoms with Crippen molar-refractivity contribution in [3.05, 3.63) is 35.4 Å². The van der Waals surface area contributed by atoms with Crippen molar-refractivity contribution in [3.63, 3.8) is 0 Å². The van der Waals surface area contributed by atoms with Crippen LogP contribution in [0, 0.1) is 5.92 Å². The minimum Gasteiger partial charge on any atom is -0.467 e. The minimum absolute atomic E-state index is 0.261. The van der Waals surface area contributed by atoms with Gasteiger partial charge in [-0.25, -0.2) is 4.79 Å². The lowest BCUT2D eigenvalue weighted by molar-refractivity contribution is -0.143. The monoisotopic (exact) mass is 306 g/mol. The van der Waals surface area contributed by atoms with Crippen LogP contribution in [0.25, 0.3) is 0 Å². The van der Waals surface area contributed by atoms with Crippen molar-refractivity contribution in [1.29, 1.82) is 0 Å². The Bertz CT molecular complexity index is 523. The Morgan fingerprint density at radius 3 is 2.36 bits per heavy atom. The molecule has 1 unspecified atom stereocenters. The molecule has 0 aliphatic heterocycles. The van der Waals surface area contributed by atoms with Crippen molar-refractivity contribution in [2.75, 3.05) is 14.2 Å². The number of nitrogens with one attached hydrogen (secondary N) is 1. The molecule has 0 heterocycles. The van der Waals surface area contributed by atoms with E-state index in [0.29, 0.717) is 12.0 Å². The zero-order valence-electron chi connectivity index (χ0n) is 13.3. The first-order valence-electron chi connectivity index (χ1n) is 7.03. The van der Waals surface area contributed by atoms with Gasteiger partial charge in [0.1, 0.15) is 13.2 Å². The van der Waals surface area contributed by atoms with Crippen molar-refractivity contribution in [2.24, 2.45) is 11.1 Å². The fourth-order valence-electron chi connectivity index (χ4n) is 1.90. The highest BCUT2D eigenvalue weighted by molar-refractivity contribution is 5.97. The first kappa shape index (κ1) is 17.7. The number of hydrogen-bond acceptors (Lipinski definition) is 5. The Morgan fingerprint density at radius 2 is 1.86 bits per heavy atom. The molecule has 0 fully saturated rings. The molecule has 1 N–H and O–H groups in total. The lowest BCUT2D eigenvalue weighted by Crippen LogP contribution is -2.42. The summed E-state index contributed by atoms with van der Waals surface area (Å²) < 4.78 is 4.73. The van der Waals surface area contributed by atoms with Crippen LogP contribution in [0.1, 0.15) is 36.2 Å². The lowest BCUT2D eigenvalue weighted by atomic mass is 10.0. The number of carbonyl (C=O) groups is 2. The molecule has 1 aromatic carbocycles. The van der Waals surface area contributed by atoms with Gasteiger partial charge in [-0.2, -0.15) is 0 Å². The molecule has 1 amide bonds. The zero-order chi connectivity index (χ0) is 16.5. The third kappa shape index (κ3) is 5.55. The molecule has 0 aliphatic carbocycles. The molecule has 0 aromatic heterocycles. The SMILES string of the molecule is CO/N=C/c1ccc(C(=O)NC(CC(C)C)C(=O)OC)cc1. The molecule has 0 saturated heterocycles. The maximum atomic E-state index is 12.2. The van der Waals surface area contributed by atoms with Gasteiger partial charge in [0, 0.05) is 5.56 Å². The van der Waals surface area contributed by atoms with E-state index in [4.69, 9.17) is 4.74 Å². The predicted octanol–water partition coefficient (Wildman–Crippen LogP) is 1.98. The van der Waals surface area contributed by atoms with Gasteiger partial charge in [-0.15, -0.1) is 0 Å². The molecule has 0 saturated carbocycles. The van der Waals surface area contributed by atoms with E-state index in [1.54, 1.807) is 24.3 Å². The number of esters is 1. The number of carbonyl (C=O) groups excluding carboxylic acids is 2. The van der Waals surface area contributed by atoms with E-state index < -0.39 is 12.0 Å². The fraction of sp³-hybridized carbons (Fsp3) is 0.438. The second-order valence-electron chi connectivity index (χ2n) is 5.22. The number of ether oxygens (including phenoxy) is 1. The normalized spacial score (nSPS) is 12.2. The quantitative estimate of drug-likeness (QED) is 0.475. The van der Waals surface area contributed by atoms with E-state index in [1.807, 2.05) is 13.8 Å². The molecule has 0 aliphatic rings. The van der Waals surface area contributed by atoms with Gasteiger partial charge in [0.2, 0.25) is 0 Å². The lowest BCUT2D eigenvalue weighted by Gasteiger charge is -2.18. The maximum Gasteiger partial charge on any atom is 0.328 e. The van der Waals surface area contributed by atoms with Crippen LogP contribution in [0.4, 0.5) is 0 Å². The van der Waals surface area contributed by atoms with E-state index in [-0.39, 0.29) is 11.8 Å². The molecule has 1 rings (SSSR count). The van der Waals surface area contributed by atoms with E-state index in [2.05, 4.69) is 15.3 Å². The van der Waals surface area contributed by atoms with Crippen molar-refractivity contribution < 1.29 is 19.2 Å². The van der Waals surface area contributed by atoms with Gasteiger partial charge < -0.3 is 14.9 Å². The summed E-state index contributed by atoms with van der Waals surface area (Å²) in [4.78, 5) is 28.5. The summed E-state index contributed by atoms with van der Waals surface area (Å²) in [5.41, 5.74) is 1.28. The number of amides is 1. The molecule has 120 valence electrons. The fourth-order valence-corrected chi connectivity index (χ4v) is 1.90. The first-order valence-corrected chi connectivity index (χ1v) is 7.03. The third-order valence-electron chi connectivity index (χ3n) is 2.98. The van der Waals surface area contributed by atoms with E-state index in [0.717, 1.165) is 5.56 Å². The molecule has 0 radical (unpaired) electrons. The Balaban J connectivity index is 2.76. The molecular weight excluding hydrogens is 284 g/mol. The molecule has 6 nitrogen and oxygen atoms in total. The number of oxime groups is 1. The highest BCUT2D eigenvalue weighted by Crippen LogP contribution is 2.09. The van der Waals surface area contributed by atoms with Gasteiger partial charge in [0.15, 0.2) is 0 Å². The van der Waals surface area contributed by atoms with E-state index in [1.165, 1.54) is 20.4 Å². The molecule has 0 bridgehead atoms. The number of methoxy groups -OCH3 is 1. The van der Waals surface area contributed by atoms with Gasteiger partial charge >= 0.3 is 5.97 Å². The number of rotatable bonds is 7. The molecular formula is C16H22N2O4. The van der Waals surface area contributed by atoms with Crippen LogP contribution in [0.2, 0.25) is 0 Å². The standard InChI is InChI=1S/C16H22N2O4/c1-11(2)9-14(16(20)21-3)18-15(19)13-7-5-12(6-8-13)10-17-22-4/h5-8,10-11,14H,9H2,1-4H3,(H,18,19)/b17-10+. The number of nitrogens with zero attached hydrogens (tertiary/aromatic N) is 1. The molecule has 0 spiro atoms. The average Bonchev–Trinajstić information content (AvgIpc) is 2.51. The van der Waals surface area contributed by atoms with Crippen molar-refractivity contribution >= 4 is 18.1 Å². The van der Waals surface area contributed by atoms with Crippen LogP contribution in [-0.4, -0.2) is 38.4 Å². The minimum atomic E-state index is -0.646. The molecule has 6 heteroatoms. The topological polar surface area (TPSA) is 77.0 Å². The maximum absolute atomic E-state index is 12.2.